The molecule has 104 valence electrons. The molecule has 1 unspecified atom stereocenters. The third-order valence-corrected chi connectivity index (χ3v) is 3.53. The minimum absolute atomic E-state index is 0.548. The number of ether oxygens (including phenoxy) is 1. The van der Waals surface area contributed by atoms with Crippen molar-refractivity contribution < 1.29 is 14.8 Å². The average Bonchev–Trinajstić information content (AvgIpc) is 2.40. The lowest BCUT2D eigenvalue weighted by atomic mass is 9.79. The molecule has 2 rings (SSSR count). The van der Waals surface area contributed by atoms with E-state index >= 15 is 0 Å². The van der Waals surface area contributed by atoms with Gasteiger partial charge in [0.1, 0.15) is 0 Å². The Bertz CT molecular complexity index is 394. The predicted molar refractivity (Wildman–Crippen MR) is 76.1 cm³/mol. The van der Waals surface area contributed by atoms with Gasteiger partial charge >= 0.3 is 7.12 Å². The molecule has 19 heavy (non-hydrogen) atoms. The maximum atomic E-state index is 9.17. The van der Waals surface area contributed by atoms with Crippen molar-refractivity contribution in [3.05, 3.63) is 29.8 Å². The normalized spacial score (nSPS) is 19.7. The quantitative estimate of drug-likeness (QED) is 0.746. The van der Waals surface area contributed by atoms with Crippen LogP contribution >= 0.6 is 0 Å². The van der Waals surface area contributed by atoms with Gasteiger partial charge in [-0.25, -0.2) is 0 Å². The maximum absolute atomic E-state index is 9.17. The van der Waals surface area contributed by atoms with Crippen molar-refractivity contribution in [1.82, 2.24) is 4.90 Å². The van der Waals surface area contributed by atoms with Gasteiger partial charge in [-0.15, -0.1) is 0 Å². The van der Waals surface area contributed by atoms with Crippen LogP contribution in [0.15, 0.2) is 24.3 Å². The molecule has 0 radical (unpaired) electrons. The Morgan fingerprint density at radius 3 is 2.95 bits per heavy atom. The minimum Gasteiger partial charge on any atom is -0.423 e. The Hall–Kier alpha value is -0.875. The van der Waals surface area contributed by atoms with Gasteiger partial charge in [-0.2, -0.15) is 0 Å². The minimum atomic E-state index is -1.39. The van der Waals surface area contributed by atoms with Gasteiger partial charge in [-0.1, -0.05) is 24.3 Å². The molecule has 0 spiro atoms. The van der Waals surface area contributed by atoms with E-state index in [1.165, 1.54) is 6.42 Å². The third-order valence-electron chi connectivity index (χ3n) is 3.53. The number of nitrogens with zero attached hydrogens (tertiary/aromatic N) is 1. The van der Waals surface area contributed by atoms with Crippen molar-refractivity contribution in [3.63, 3.8) is 0 Å². The SMILES string of the molecule is CN(Cc1cccc(B(O)O)c1)CC1CCCOC1. The molecule has 0 aromatic heterocycles. The molecule has 1 aromatic carbocycles. The van der Waals surface area contributed by atoms with Crippen molar-refractivity contribution in [2.45, 2.75) is 19.4 Å². The number of benzene rings is 1. The smallest absolute Gasteiger partial charge is 0.423 e. The van der Waals surface area contributed by atoms with Crippen LogP contribution in [0.5, 0.6) is 0 Å². The first-order valence-corrected chi connectivity index (χ1v) is 6.86. The first-order valence-electron chi connectivity index (χ1n) is 6.86. The summed E-state index contributed by atoms with van der Waals surface area (Å²) in [5.74, 6) is 0.616. The molecular weight excluding hydrogens is 241 g/mol. The Balaban J connectivity index is 1.87. The van der Waals surface area contributed by atoms with E-state index in [9.17, 15) is 0 Å². The van der Waals surface area contributed by atoms with E-state index in [1.807, 2.05) is 18.2 Å². The second-order valence-electron chi connectivity index (χ2n) is 5.40. The zero-order chi connectivity index (χ0) is 13.7. The monoisotopic (exact) mass is 263 g/mol. The molecule has 0 amide bonds. The summed E-state index contributed by atoms with van der Waals surface area (Å²) < 4.78 is 5.49. The fourth-order valence-electron chi connectivity index (χ4n) is 2.62. The average molecular weight is 263 g/mol. The van der Waals surface area contributed by atoms with Gasteiger partial charge in [0.05, 0.1) is 6.61 Å². The molecular formula is C14H22BNO3. The highest BCUT2D eigenvalue weighted by Gasteiger charge is 2.16. The van der Waals surface area contributed by atoms with Crippen molar-refractivity contribution in [3.8, 4) is 0 Å². The van der Waals surface area contributed by atoms with Gasteiger partial charge in [-0.3, -0.25) is 0 Å². The third kappa shape index (κ3) is 4.62. The molecule has 5 heteroatoms. The van der Waals surface area contributed by atoms with E-state index in [4.69, 9.17) is 14.8 Å². The van der Waals surface area contributed by atoms with Gasteiger partial charge < -0.3 is 19.7 Å². The summed E-state index contributed by atoms with van der Waals surface area (Å²) in [5, 5.41) is 18.3. The van der Waals surface area contributed by atoms with Crippen molar-refractivity contribution in [2.75, 3.05) is 26.8 Å². The second-order valence-corrected chi connectivity index (χ2v) is 5.40. The van der Waals surface area contributed by atoms with E-state index in [0.717, 1.165) is 38.3 Å². The standard InChI is InChI=1S/C14H22BNO3/c1-16(10-13-5-3-7-19-11-13)9-12-4-2-6-14(8-12)15(17)18/h2,4,6,8,13,17-18H,3,5,7,9-11H2,1H3. The van der Waals surface area contributed by atoms with Gasteiger partial charge in [0.15, 0.2) is 0 Å². The van der Waals surface area contributed by atoms with Crippen LogP contribution in [0.3, 0.4) is 0 Å². The molecule has 0 aliphatic carbocycles. The molecule has 1 aliphatic heterocycles. The van der Waals surface area contributed by atoms with E-state index < -0.39 is 7.12 Å². The zero-order valence-electron chi connectivity index (χ0n) is 11.5. The Kier molecular flexibility index (Phi) is 5.40. The van der Waals surface area contributed by atoms with Gasteiger partial charge in [-0.05, 0) is 36.8 Å². The van der Waals surface area contributed by atoms with Crippen molar-refractivity contribution >= 4 is 12.6 Å². The Morgan fingerprint density at radius 2 is 2.26 bits per heavy atom. The lowest BCUT2D eigenvalue weighted by molar-refractivity contribution is 0.0411. The van der Waals surface area contributed by atoms with Crippen LogP contribution in [0.2, 0.25) is 0 Å². The van der Waals surface area contributed by atoms with Crippen molar-refractivity contribution in [1.29, 1.82) is 0 Å². The van der Waals surface area contributed by atoms with E-state index in [-0.39, 0.29) is 0 Å². The topological polar surface area (TPSA) is 52.9 Å². The van der Waals surface area contributed by atoms with Crippen LogP contribution in [0.4, 0.5) is 0 Å². The van der Waals surface area contributed by atoms with Crippen LogP contribution in [0.25, 0.3) is 0 Å². The summed E-state index contributed by atoms with van der Waals surface area (Å²) >= 11 is 0. The molecule has 1 heterocycles. The molecule has 1 aromatic rings. The summed E-state index contributed by atoms with van der Waals surface area (Å²) in [5.41, 5.74) is 1.65. The molecule has 0 saturated carbocycles. The summed E-state index contributed by atoms with van der Waals surface area (Å²) in [7, 11) is 0.702. The summed E-state index contributed by atoms with van der Waals surface area (Å²) in [6, 6.07) is 7.45. The molecule has 1 aliphatic rings. The van der Waals surface area contributed by atoms with E-state index in [1.54, 1.807) is 6.07 Å². The summed E-state index contributed by atoms with van der Waals surface area (Å²) in [6.45, 7) is 3.60. The lowest BCUT2D eigenvalue weighted by Gasteiger charge is -2.27. The fourth-order valence-corrected chi connectivity index (χ4v) is 2.62. The van der Waals surface area contributed by atoms with Crippen molar-refractivity contribution in [2.24, 2.45) is 5.92 Å². The highest BCUT2D eigenvalue weighted by atomic mass is 16.5. The van der Waals surface area contributed by atoms with Crippen LogP contribution in [-0.2, 0) is 11.3 Å². The molecule has 2 N–H and O–H groups in total. The summed E-state index contributed by atoms with van der Waals surface area (Å²) in [4.78, 5) is 2.27. The largest absolute Gasteiger partial charge is 0.488 e. The highest BCUT2D eigenvalue weighted by molar-refractivity contribution is 6.58. The van der Waals surface area contributed by atoms with Gasteiger partial charge in [0, 0.05) is 19.7 Å². The number of hydrogen-bond acceptors (Lipinski definition) is 4. The fraction of sp³-hybridized carbons (Fsp3) is 0.571. The van der Waals surface area contributed by atoms with E-state index in [0.29, 0.717) is 11.4 Å². The molecule has 0 bridgehead atoms. The first-order chi connectivity index (χ1) is 9.15. The van der Waals surface area contributed by atoms with Crippen LogP contribution in [-0.4, -0.2) is 48.9 Å². The molecule has 1 fully saturated rings. The zero-order valence-corrected chi connectivity index (χ0v) is 11.5. The maximum Gasteiger partial charge on any atom is 0.488 e. The van der Waals surface area contributed by atoms with Crippen LogP contribution in [0.1, 0.15) is 18.4 Å². The molecule has 4 nitrogen and oxygen atoms in total. The first kappa shape index (κ1) is 14.5. The Morgan fingerprint density at radius 1 is 1.42 bits per heavy atom. The number of rotatable bonds is 5. The lowest BCUT2D eigenvalue weighted by Crippen LogP contribution is -2.32. The second kappa shape index (κ2) is 7.05. The van der Waals surface area contributed by atoms with Gasteiger partial charge in [0.2, 0.25) is 0 Å². The molecule has 1 saturated heterocycles. The molecule has 1 atom stereocenters. The summed E-state index contributed by atoms with van der Waals surface area (Å²) in [6.07, 6.45) is 2.39. The van der Waals surface area contributed by atoms with Gasteiger partial charge in [0.25, 0.3) is 0 Å². The Labute approximate surface area is 115 Å². The predicted octanol–water partition coefficient (Wildman–Crippen LogP) is 0.225. The number of hydrogen-bond donors (Lipinski definition) is 2. The van der Waals surface area contributed by atoms with E-state index in [2.05, 4.69) is 11.9 Å². The highest BCUT2D eigenvalue weighted by Crippen LogP contribution is 2.15. The van der Waals surface area contributed by atoms with Crippen LogP contribution in [0, 0.1) is 5.92 Å². The van der Waals surface area contributed by atoms with Crippen LogP contribution < -0.4 is 5.46 Å².